The molecule has 2 aliphatic rings. The van der Waals surface area contributed by atoms with Gasteiger partial charge in [-0.15, -0.1) is 0 Å². The van der Waals surface area contributed by atoms with E-state index in [1.807, 2.05) is 12.1 Å². The monoisotopic (exact) mass is 343 g/mol. The number of piperidine rings is 1. The number of aromatic nitrogens is 3. The predicted molar refractivity (Wildman–Crippen MR) is 95.5 cm³/mol. The number of hydrogen-bond donors (Lipinski definition) is 1. The summed E-state index contributed by atoms with van der Waals surface area (Å²) in [5.41, 5.74) is 3.87. The molecule has 1 aliphatic carbocycles. The first-order valence-corrected chi connectivity index (χ1v) is 9.15. The number of nitrogens with zero attached hydrogens (tertiary/aromatic N) is 4. The molecule has 1 saturated heterocycles. The summed E-state index contributed by atoms with van der Waals surface area (Å²) in [6.07, 6.45) is 5.90. The Hall–Kier alpha value is -1.99. The van der Waals surface area contributed by atoms with Crippen molar-refractivity contribution in [1.29, 1.82) is 0 Å². The Morgan fingerprint density at radius 3 is 3.00 bits per heavy atom. The van der Waals surface area contributed by atoms with E-state index in [9.17, 15) is 5.21 Å². The highest BCUT2D eigenvalue weighted by molar-refractivity contribution is 5.74. The molecule has 7 nitrogen and oxygen atoms in total. The fourth-order valence-electron chi connectivity index (χ4n) is 3.93. The predicted octanol–water partition coefficient (Wildman–Crippen LogP) is 1.27. The summed E-state index contributed by atoms with van der Waals surface area (Å²) < 4.78 is 5.46. The van der Waals surface area contributed by atoms with Gasteiger partial charge in [0.15, 0.2) is 0 Å². The van der Waals surface area contributed by atoms with Gasteiger partial charge in [0.1, 0.15) is 5.52 Å². The van der Waals surface area contributed by atoms with Crippen molar-refractivity contribution in [2.75, 3.05) is 38.6 Å². The number of aryl methyl sites for hydroxylation is 2. The fourth-order valence-corrected chi connectivity index (χ4v) is 3.93. The van der Waals surface area contributed by atoms with E-state index in [1.54, 1.807) is 7.11 Å². The maximum atomic E-state index is 12.2. The molecule has 0 spiro atoms. The molecular formula is C18H25N5O2. The van der Waals surface area contributed by atoms with Crippen LogP contribution in [-0.4, -0.2) is 54.4 Å². The van der Waals surface area contributed by atoms with E-state index in [0.29, 0.717) is 29.0 Å². The third kappa shape index (κ3) is 3.52. The summed E-state index contributed by atoms with van der Waals surface area (Å²) in [7, 11) is 1.78. The molecule has 1 aromatic carbocycles. The lowest BCUT2D eigenvalue weighted by Crippen LogP contribution is -2.41. The van der Waals surface area contributed by atoms with Gasteiger partial charge in [-0.2, -0.15) is 0 Å². The van der Waals surface area contributed by atoms with Crippen molar-refractivity contribution in [2.24, 2.45) is 0 Å². The minimum absolute atomic E-state index is 0.330. The first-order valence-electron chi connectivity index (χ1n) is 9.15. The lowest BCUT2D eigenvalue weighted by atomic mass is 10.1. The second-order valence-corrected chi connectivity index (χ2v) is 7.00. The number of fused-ring (bicyclic) bond motifs is 2. The Bertz CT molecular complexity index is 767. The number of methoxy groups -OCH3 is 1. The number of nitrogens with one attached hydrogen (secondary N) is 1. The molecule has 0 saturated carbocycles. The van der Waals surface area contributed by atoms with Crippen LogP contribution in [-0.2, 0) is 17.6 Å². The summed E-state index contributed by atoms with van der Waals surface area (Å²) in [4.78, 5) is 7.62. The standard InChI is InChI=1S/C18H25N5O2/c1-25-15-6-3-8-22(12-15)9-7-19-18-20-16-10-13-4-2-5-14(13)11-17(16)23(24)21-18/h10-11,15H,2-9,12H2,1H3,(H,19,20,21). The van der Waals surface area contributed by atoms with Crippen LogP contribution in [0.4, 0.5) is 5.95 Å². The van der Waals surface area contributed by atoms with Crippen molar-refractivity contribution in [3.05, 3.63) is 28.5 Å². The molecule has 134 valence electrons. The van der Waals surface area contributed by atoms with Gasteiger partial charge in [-0.3, -0.25) is 4.90 Å². The highest BCUT2D eigenvalue weighted by Gasteiger charge is 2.20. The zero-order valence-corrected chi connectivity index (χ0v) is 14.7. The quantitative estimate of drug-likeness (QED) is 0.651. The molecule has 25 heavy (non-hydrogen) atoms. The smallest absolute Gasteiger partial charge is 0.290 e. The van der Waals surface area contributed by atoms with Gasteiger partial charge in [-0.05, 0) is 60.7 Å². The maximum Gasteiger partial charge on any atom is 0.290 e. The van der Waals surface area contributed by atoms with Crippen LogP contribution in [0.2, 0.25) is 0 Å². The Morgan fingerprint density at radius 1 is 1.32 bits per heavy atom. The second kappa shape index (κ2) is 7.09. The Balaban J connectivity index is 1.42. The molecule has 0 radical (unpaired) electrons. The normalized spacial score (nSPS) is 20.8. The van der Waals surface area contributed by atoms with Gasteiger partial charge in [-0.1, -0.05) is 0 Å². The minimum Gasteiger partial charge on any atom is -0.594 e. The van der Waals surface area contributed by atoms with Crippen molar-refractivity contribution in [3.8, 4) is 0 Å². The average Bonchev–Trinajstić information content (AvgIpc) is 3.08. The van der Waals surface area contributed by atoms with E-state index in [4.69, 9.17) is 4.74 Å². The van der Waals surface area contributed by atoms with Crippen LogP contribution in [0, 0.1) is 5.21 Å². The Kier molecular flexibility index (Phi) is 4.67. The Labute approximate surface area is 147 Å². The zero-order valence-electron chi connectivity index (χ0n) is 14.7. The summed E-state index contributed by atoms with van der Waals surface area (Å²) >= 11 is 0. The maximum absolute atomic E-state index is 12.2. The third-order valence-corrected chi connectivity index (χ3v) is 5.31. The molecule has 0 bridgehead atoms. The summed E-state index contributed by atoms with van der Waals surface area (Å²) in [6.45, 7) is 3.66. The number of ether oxygens (including phenoxy) is 1. The van der Waals surface area contributed by atoms with Gasteiger partial charge < -0.3 is 15.3 Å². The van der Waals surface area contributed by atoms with Crippen molar-refractivity contribution >= 4 is 17.0 Å². The molecule has 7 heteroatoms. The molecule has 2 aromatic rings. The zero-order chi connectivity index (χ0) is 17.2. The Morgan fingerprint density at radius 2 is 2.16 bits per heavy atom. The van der Waals surface area contributed by atoms with Gasteiger partial charge in [0.2, 0.25) is 0 Å². The number of benzene rings is 1. The highest BCUT2D eigenvalue weighted by Crippen LogP contribution is 2.25. The third-order valence-electron chi connectivity index (χ3n) is 5.31. The van der Waals surface area contributed by atoms with Crippen molar-refractivity contribution < 1.29 is 9.58 Å². The molecule has 0 amide bonds. The van der Waals surface area contributed by atoms with Crippen LogP contribution in [0.3, 0.4) is 0 Å². The van der Waals surface area contributed by atoms with E-state index < -0.39 is 0 Å². The SMILES string of the molecule is COC1CCCN(CCNc2nc3cc4c(cc3[n+]([O-])n2)CCC4)C1. The van der Waals surface area contributed by atoms with Crippen LogP contribution in [0.15, 0.2) is 12.1 Å². The van der Waals surface area contributed by atoms with Gasteiger partial charge in [0.05, 0.1) is 11.2 Å². The lowest BCUT2D eigenvalue weighted by molar-refractivity contribution is -0.641. The van der Waals surface area contributed by atoms with Gasteiger partial charge in [0.25, 0.3) is 11.5 Å². The number of likely N-dealkylation sites (tertiary alicyclic amines) is 1. The van der Waals surface area contributed by atoms with E-state index in [1.165, 1.54) is 11.1 Å². The van der Waals surface area contributed by atoms with Crippen molar-refractivity contribution in [3.63, 3.8) is 0 Å². The number of rotatable bonds is 5. The van der Waals surface area contributed by atoms with Crippen LogP contribution in [0.25, 0.3) is 11.0 Å². The molecule has 4 rings (SSSR count). The van der Waals surface area contributed by atoms with Crippen molar-refractivity contribution in [2.45, 2.75) is 38.2 Å². The van der Waals surface area contributed by atoms with E-state index in [-0.39, 0.29) is 0 Å². The molecule has 1 N–H and O–H groups in total. The number of anilines is 1. The lowest BCUT2D eigenvalue weighted by Gasteiger charge is -2.31. The molecule has 1 atom stereocenters. The van der Waals surface area contributed by atoms with Crippen LogP contribution < -0.4 is 10.2 Å². The van der Waals surface area contributed by atoms with Crippen LogP contribution in [0.1, 0.15) is 30.4 Å². The van der Waals surface area contributed by atoms with E-state index in [2.05, 4.69) is 20.3 Å². The van der Waals surface area contributed by atoms with Gasteiger partial charge >= 0.3 is 0 Å². The van der Waals surface area contributed by atoms with Crippen molar-refractivity contribution in [1.82, 2.24) is 15.0 Å². The molecule has 1 unspecified atom stereocenters. The van der Waals surface area contributed by atoms with E-state index >= 15 is 0 Å². The summed E-state index contributed by atoms with van der Waals surface area (Å²) in [5, 5.41) is 19.5. The molecule has 1 aromatic heterocycles. The molecular weight excluding hydrogens is 318 g/mol. The molecule has 2 heterocycles. The highest BCUT2D eigenvalue weighted by atomic mass is 16.5. The van der Waals surface area contributed by atoms with Crippen LogP contribution >= 0.6 is 0 Å². The topological polar surface area (TPSA) is 77.2 Å². The number of hydrogen-bond acceptors (Lipinski definition) is 6. The minimum atomic E-state index is 0.330. The second-order valence-electron chi connectivity index (χ2n) is 7.00. The summed E-state index contributed by atoms with van der Waals surface area (Å²) in [6, 6.07) is 4.00. The first-order chi connectivity index (χ1) is 12.2. The largest absolute Gasteiger partial charge is 0.594 e. The molecule has 1 aliphatic heterocycles. The average molecular weight is 343 g/mol. The molecule has 1 fully saturated rings. The van der Waals surface area contributed by atoms with Gasteiger partial charge in [-0.25, -0.2) is 4.98 Å². The first kappa shape index (κ1) is 16.5. The van der Waals surface area contributed by atoms with Crippen LogP contribution in [0.5, 0.6) is 0 Å². The summed E-state index contributed by atoms with van der Waals surface area (Å²) in [5.74, 6) is 0.403. The fraction of sp³-hybridized carbons (Fsp3) is 0.611. The van der Waals surface area contributed by atoms with Gasteiger partial charge in [0, 0.05) is 32.8 Å². The van der Waals surface area contributed by atoms with E-state index in [0.717, 1.165) is 57.3 Å².